The summed E-state index contributed by atoms with van der Waals surface area (Å²) in [7, 11) is 0. The van der Waals surface area contributed by atoms with Crippen molar-refractivity contribution in [2.24, 2.45) is 10.1 Å². The molecule has 1 amide bonds. The van der Waals surface area contributed by atoms with E-state index in [9.17, 15) is 4.79 Å². The van der Waals surface area contributed by atoms with Crippen LogP contribution >= 0.6 is 11.8 Å². The first-order valence-corrected chi connectivity index (χ1v) is 13.4. The van der Waals surface area contributed by atoms with Gasteiger partial charge in [-0.3, -0.25) is 10.2 Å². The van der Waals surface area contributed by atoms with Crippen molar-refractivity contribution in [3.63, 3.8) is 0 Å². The number of nitrogens with zero attached hydrogens (tertiary/aromatic N) is 4. The lowest BCUT2D eigenvalue weighted by atomic mass is 9.87. The number of amidine groups is 2. The van der Waals surface area contributed by atoms with Crippen LogP contribution in [0.1, 0.15) is 51.7 Å². The molecule has 0 radical (unpaired) electrons. The van der Waals surface area contributed by atoms with Crippen molar-refractivity contribution in [3.8, 4) is 5.75 Å². The third-order valence-electron chi connectivity index (χ3n) is 6.40. The highest BCUT2D eigenvalue weighted by Gasteiger charge is 2.35. The van der Waals surface area contributed by atoms with Gasteiger partial charge >= 0.3 is 0 Å². The fraction of sp³-hybridized carbons (Fsp3) is 0.310. The summed E-state index contributed by atoms with van der Waals surface area (Å²) in [5, 5.41) is 17.0. The molecule has 3 aromatic rings. The number of hydrogen-bond donors (Lipinski definition) is 1. The molecule has 0 saturated heterocycles. The number of thioether (sulfide) groups is 1. The van der Waals surface area contributed by atoms with E-state index in [-0.39, 0.29) is 16.8 Å². The monoisotopic (exact) mass is 513 g/mol. The number of benzene rings is 2. The van der Waals surface area contributed by atoms with Crippen LogP contribution in [0.2, 0.25) is 0 Å². The topological polar surface area (TPSA) is 83.0 Å². The van der Waals surface area contributed by atoms with E-state index >= 15 is 0 Å². The van der Waals surface area contributed by atoms with E-state index in [1.807, 2.05) is 36.5 Å². The molecular weight excluding hydrogens is 482 g/mol. The van der Waals surface area contributed by atoms with Crippen LogP contribution in [0.5, 0.6) is 5.75 Å². The smallest absolute Gasteiger partial charge is 0.283 e. The minimum absolute atomic E-state index is 0.0625. The van der Waals surface area contributed by atoms with E-state index in [2.05, 4.69) is 60.6 Å². The van der Waals surface area contributed by atoms with Gasteiger partial charge in [0.05, 0.1) is 12.1 Å². The molecule has 5 rings (SSSR count). The summed E-state index contributed by atoms with van der Waals surface area (Å²) in [5.74, 6) is 0.497. The Hall–Kier alpha value is -3.65. The number of carbonyl (C=O) groups is 1. The molecular formula is C29H31N5O2S. The number of nitrogens with one attached hydrogen (secondary N) is 1. The van der Waals surface area contributed by atoms with Crippen LogP contribution in [0.15, 0.2) is 70.4 Å². The van der Waals surface area contributed by atoms with Crippen LogP contribution in [0.3, 0.4) is 0 Å². The first-order valence-electron chi connectivity index (χ1n) is 12.5. The third kappa shape index (κ3) is 5.11. The highest BCUT2D eigenvalue weighted by molar-refractivity contribution is 8.26. The Bertz CT molecular complexity index is 1460. The van der Waals surface area contributed by atoms with Crippen molar-refractivity contribution in [1.82, 2.24) is 9.58 Å². The first kappa shape index (κ1) is 25.0. The van der Waals surface area contributed by atoms with E-state index in [1.165, 1.54) is 22.3 Å². The standard InChI is InChI=1S/C29H31N5O2S/c1-5-8-25-32-34-26(30)23(27(35)31-28(34)37-25)17-19-18-33(24-10-7-6-9-22(19)24)15-16-36-21-13-11-20(12-14-21)29(2,3)4/h6-7,9-14,17-18,30H,5,8,15-16H2,1-4H3. The van der Waals surface area contributed by atoms with E-state index < -0.39 is 5.91 Å². The summed E-state index contributed by atoms with van der Waals surface area (Å²) in [4.78, 5) is 17.1. The molecule has 1 N–H and O–H groups in total. The van der Waals surface area contributed by atoms with Crippen LogP contribution in [0.4, 0.5) is 0 Å². The van der Waals surface area contributed by atoms with Crippen LogP contribution in [-0.4, -0.2) is 38.1 Å². The zero-order valence-electron chi connectivity index (χ0n) is 21.6. The highest BCUT2D eigenvalue weighted by atomic mass is 32.2. The minimum Gasteiger partial charge on any atom is -0.492 e. The summed E-state index contributed by atoms with van der Waals surface area (Å²) < 4.78 is 8.16. The molecule has 0 atom stereocenters. The van der Waals surface area contributed by atoms with Crippen molar-refractivity contribution < 1.29 is 9.53 Å². The zero-order valence-corrected chi connectivity index (χ0v) is 22.4. The molecule has 1 aromatic heterocycles. The second-order valence-corrected chi connectivity index (χ2v) is 11.2. The number of carbonyl (C=O) groups excluding carboxylic acids is 1. The van der Waals surface area contributed by atoms with Crippen molar-refractivity contribution in [1.29, 1.82) is 5.41 Å². The van der Waals surface area contributed by atoms with Gasteiger partial charge < -0.3 is 9.30 Å². The molecule has 2 aliphatic rings. The lowest BCUT2D eigenvalue weighted by Gasteiger charge is -2.20. The Morgan fingerprint density at radius 2 is 1.86 bits per heavy atom. The molecule has 7 nitrogen and oxygen atoms in total. The Morgan fingerprint density at radius 1 is 1.11 bits per heavy atom. The van der Waals surface area contributed by atoms with Gasteiger partial charge in [0.1, 0.15) is 17.4 Å². The quantitative estimate of drug-likeness (QED) is 0.369. The Labute approximate surface area is 221 Å². The zero-order chi connectivity index (χ0) is 26.2. The van der Waals surface area contributed by atoms with Gasteiger partial charge in [-0.25, -0.2) is 0 Å². The second kappa shape index (κ2) is 10.0. The molecule has 3 heterocycles. The molecule has 0 spiro atoms. The minimum atomic E-state index is -0.407. The molecule has 37 heavy (non-hydrogen) atoms. The maximum absolute atomic E-state index is 12.9. The molecule has 0 saturated carbocycles. The largest absolute Gasteiger partial charge is 0.492 e. The molecule has 2 aliphatic heterocycles. The van der Waals surface area contributed by atoms with Crippen molar-refractivity contribution in [2.75, 3.05) is 6.61 Å². The molecule has 2 aromatic carbocycles. The average Bonchev–Trinajstić information content (AvgIpc) is 3.43. The number of ether oxygens (including phenoxy) is 1. The number of rotatable bonds is 7. The Balaban J connectivity index is 1.36. The van der Waals surface area contributed by atoms with Gasteiger partial charge in [-0.2, -0.15) is 15.1 Å². The molecule has 0 aliphatic carbocycles. The lowest BCUT2D eigenvalue weighted by Crippen LogP contribution is -2.35. The average molecular weight is 514 g/mol. The Kier molecular flexibility index (Phi) is 6.77. The fourth-order valence-corrected chi connectivity index (χ4v) is 5.38. The Morgan fingerprint density at radius 3 is 2.59 bits per heavy atom. The summed E-state index contributed by atoms with van der Waals surface area (Å²) in [6.45, 7) is 9.82. The molecule has 0 unspecified atom stereocenters. The normalized spacial score (nSPS) is 16.9. The number of aromatic nitrogens is 1. The molecule has 0 fully saturated rings. The summed E-state index contributed by atoms with van der Waals surface area (Å²) in [5.41, 5.74) is 3.52. The van der Waals surface area contributed by atoms with Crippen LogP contribution in [0.25, 0.3) is 17.0 Å². The number of fused-ring (bicyclic) bond motifs is 2. The van der Waals surface area contributed by atoms with Gasteiger partial charge in [-0.05, 0) is 59.9 Å². The first-order chi connectivity index (χ1) is 17.7. The van der Waals surface area contributed by atoms with Crippen LogP contribution in [0, 0.1) is 5.41 Å². The predicted molar refractivity (Wildman–Crippen MR) is 152 cm³/mol. The maximum atomic E-state index is 12.9. The molecule has 0 bridgehead atoms. The van der Waals surface area contributed by atoms with E-state index in [0.717, 1.165) is 40.1 Å². The van der Waals surface area contributed by atoms with Crippen LogP contribution in [-0.2, 0) is 16.8 Å². The van der Waals surface area contributed by atoms with Crippen molar-refractivity contribution >= 4 is 50.7 Å². The summed E-state index contributed by atoms with van der Waals surface area (Å²) in [6, 6.07) is 16.3. The lowest BCUT2D eigenvalue weighted by molar-refractivity contribution is -0.114. The molecule has 190 valence electrons. The van der Waals surface area contributed by atoms with Gasteiger partial charge in [0.2, 0.25) is 5.17 Å². The van der Waals surface area contributed by atoms with Gasteiger partial charge in [0.25, 0.3) is 5.91 Å². The number of amides is 1. The summed E-state index contributed by atoms with van der Waals surface area (Å²) in [6.07, 6.45) is 5.52. The second-order valence-electron chi connectivity index (χ2n) is 10.2. The summed E-state index contributed by atoms with van der Waals surface area (Å²) >= 11 is 1.37. The van der Waals surface area contributed by atoms with Gasteiger partial charge in [0, 0.05) is 22.7 Å². The number of para-hydroxylation sites is 1. The number of hydrogen-bond acceptors (Lipinski definition) is 5. The highest BCUT2D eigenvalue weighted by Crippen LogP contribution is 2.31. The third-order valence-corrected chi connectivity index (χ3v) is 7.37. The SMILES string of the molecule is CCCC1=NN2C(=N)C(=Cc3cn(CCOc4ccc(C(C)(C)C)cc4)c4ccccc34)C(=O)N=C2S1. The van der Waals surface area contributed by atoms with Crippen molar-refractivity contribution in [2.45, 2.75) is 52.5 Å². The van der Waals surface area contributed by atoms with E-state index in [4.69, 9.17) is 10.1 Å². The van der Waals surface area contributed by atoms with Gasteiger partial charge in [-0.15, -0.1) is 0 Å². The maximum Gasteiger partial charge on any atom is 0.283 e. The number of hydrazone groups is 1. The van der Waals surface area contributed by atoms with Crippen molar-refractivity contribution in [3.05, 3.63) is 71.4 Å². The fourth-order valence-electron chi connectivity index (χ4n) is 4.39. The van der Waals surface area contributed by atoms with Gasteiger partial charge in [-0.1, -0.05) is 58.0 Å². The molecule has 8 heteroatoms. The van der Waals surface area contributed by atoms with Crippen LogP contribution < -0.4 is 4.74 Å². The van der Waals surface area contributed by atoms with Gasteiger partial charge in [0.15, 0.2) is 5.84 Å². The van der Waals surface area contributed by atoms with E-state index in [0.29, 0.717) is 18.3 Å². The predicted octanol–water partition coefficient (Wildman–Crippen LogP) is 6.44. The van der Waals surface area contributed by atoms with E-state index in [1.54, 1.807) is 6.08 Å². The number of aliphatic imine (C=N–C) groups is 1.